The van der Waals surface area contributed by atoms with Crippen LogP contribution in [0.3, 0.4) is 0 Å². The molecule has 1 unspecified atom stereocenters. The highest BCUT2D eigenvalue weighted by molar-refractivity contribution is 5.07. The molecule has 1 heterocycles. The lowest BCUT2D eigenvalue weighted by molar-refractivity contribution is 0.216. The molecular formula is C16H27N3. The van der Waals surface area contributed by atoms with E-state index in [2.05, 4.69) is 35.2 Å². The molecule has 1 fully saturated rings. The van der Waals surface area contributed by atoms with Crippen molar-refractivity contribution in [2.24, 2.45) is 11.8 Å². The molecule has 1 saturated carbocycles. The van der Waals surface area contributed by atoms with Crippen molar-refractivity contribution in [3.63, 3.8) is 0 Å². The highest BCUT2D eigenvalue weighted by Gasteiger charge is 2.28. The van der Waals surface area contributed by atoms with Gasteiger partial charge < -0.3 is 5.32 Å². The Morgan fingerprint density at radius 3 is 2.63 bits per heavy atom. The molecule has 0 bridgehead atoms. The van der Waals surface area contributed by atoms with Crippen molar-refractivity contribution in [3.05, 3.63) is 24.3 Å². The summed E-state index contributed by atoms with van der Waals surface area (Å²) in [5, 5.41) is 3.70. The minimum Gasteiger partial charge on any atom is -0.308 e. The topological polar surface area (TPSA) is 37.8 Å². The Balaban J connectivity index is 2.02. The largest absolute Gasteiger partial charge is 0.308 e. The van der Waals surface area contributed by atoms with E-state index in [1.807, 2.05) is 6.20 Å². The molecule has 1 aromatic rings. The second-order valence-electron chi connectivity index (χ2n) is 5.76. The number of nitrogens with zero attached hydrogens (tertiary/aromatic N) is 2. The summed E-state index contributed by atoms with van der Waals surface area (Å²) >= 11 is 0. The van der Waals surface area contributed by atoms with Crippen molar-refractivity contribution in [3.8, 4) is 0 Å². The Morgan fingerprint density at radius 2 is 2.05 bits per heavy atom. The first-order chi connectivity index (χ1) is 9.35. The minimum atomic E-state index is 0.417. The van der Waals surface area contributed by atoms with E-state index in [-0.39, 0.29) is 0 Å². The molecule has 1 atom stereocenters. The molecule has 1 aliphatic carbocycles. The first kappa shape index (κ1) is 14.4. The highest BCUT2D eigenvalue weighted by atomic mass is 15.0. The zero-order valence-corrected chi connectivity index (χ0v) is 12.3. The summed E-state index contributed by atoms with van der Waals surface area (Å²) in [7, 11) is 0. The number of rotatable bonds is 6. The highest BCUT2D eigenvalue weighted by Crippen LogP contribution is 2.37. The zero-order chi connectivity index (χ0) is 13.5. The van der Waals surface area contributed by atoms with Gasteiger partial charge in [-0.1, -0.05) is 33.1 Å². The fraction of sp³-hybridized carbons (Fsp3) is 0.750. The lowest BCUT2D eigenvalue weighted by atomic mass is 9.77. The van der Waals surface area contributed by atoms with Crippen LogP contribution in [-0.2, 0) is 0 Å². The van der Waals surface area contributed by atoms with Crippen LogP contribution in [0, 0.1) is 11.8 Å². The van der Waals surface area contributed by atoms with Crippen molar-refractivity contribution in [1.82, 2.24) is 15.3 Å². The second-order valence-corrected chi connectivity index (χ2v) is 5.76. The fourth-order valence-corrected chi connectivity index (χ4v) is 3.23. The predicted molar refractivity (Wildman–Crippen MR) is 78.8 cm³/mol. The van der Waals surface area contributed by atoms with Gasteiger partial charge in [0.1, 0.15) is 6.33 Å². The van der Waals surface area contributed by atoms with E-state index in [0.29, 0.717) is 6.04 Å². The van der Waals surface area contributed by atoms with Crippen LogP contribution in [0.1, 0.15) is 64.1 Å². The van der Waals surface area contributed by atoms with Crippen LogP contribution in [0.4, 0.5) is 0 Å². The van der Waals surface area contributed by atoms with Crippen LogP contribution < -0.4 is 5.32 Å². The maximum atomic E-state index is 4.47. The van der Waals surface area contributed by atoms with Crippen LogP contribution in [0.25, 0.3) is 0 Å². The smallest absolute Gasteiger partial charge is 0.115 e. The average Bonchev–Trinajstić information content (AvgIpc) is 2.49. The van der Waals surface area contributed by atoms with E-state index >= 15 is 0 Å². The van der Waals surface area contributed by atoms with Gasteiger partial charge in [0.05, 0.1) is 11.7 Å². The molecule has 0 aliphatic heterocycles. The molecule has 1 aliphatic rings. The molecule has 0 saturated heterocycles. The van der Waals surface area contributed by atoms with E-state index in [0.717, 1.165) is 18.4 Å². The Morgan fingerprint density at radius 1 is 1.26 bits per heavy atom. The summed E-state index contributed by atoms with van der Waals surface area (Å²) in [4.78, 5) is 8.51. The third-order valence-electron chi connectivity index (χ3n) is 4.48. The van der Waals surface area contributed by atoms with E-state index in [1.54, 1.807) is 6.33 Å². The standard InChI is InChI=1S/C16H27N3/c1-3-10-18-16(15-9-11-17-12-19-15)14-7-5-13(4-2)6-8-14/h9,11-14,16,18H,3-8,10H2,1-2H3. The van der Waals surface area contributed by atoms with Gasteiger partial charge >= 0.3 is 0 Å². The van der Waals surface area contributed by atoms with E-state index < -0.39 is 0 Å². The molecule has 0 amide bonds. The van der Waals surface area contributed by atoms with Gasteiger partial charge in [-0.15, -0.1) is 0 Å². The minimum absolute atomic E-state index is 0.417. The maximum Gasteiger partial charge on any atom is 0.115 e. The van der Waals surface area contributed by atoms with Crippen LogP contribution >= 0.6 is 0 Å². The summed E-state index contributed by atoms with van der Waals surface area (Å²) in [6.07, 6.45) is 11.5. The van der Waals surface area contributed by atoms with Crippen LogP contribution in [-0.4, -0.2) is 16.5 Å². The summed E-state index contributed by atoms with van der Waals surface area (Å²) in [5.41, 5.74) is 1.17. The molecule has 2 rings (SSSR count). The summed E-state index contributed by atoms with van der Waals surface area (Å²) < 4.78 is 0. The monoisotopic (exact) mass is 261 g/mol. The van der Waals surface area contributed by atoms with Crippen LogP contribution in [0.15, 0.2) is 18.6 Å². The Hall–Kier alpha value is -0.960. The fourth-order valence-electron chi connectivity index (χ4n) is 3.23. The number of aromatic nitrogens is 2. The Kier molecular flexibility index (Phi) is 5.77. The average molecular weight is 261 g/mol. The molecule has 0 radical (unpaired) electrons. The molecule has 3 heteroatoms. The van der Waals surface area contributed by atoms with Crippen molar-refractivity contribution in [2.75, 3.05) is 6.54 Å². The van der Waals surface area contributed by atoms with E-state index in [9.17, 15) is 0 Å². The molecular weight excluding hydrogens is 234 g/mol. The first-order valence-electron chi connectivity index (χ1n) is 7.84. The maximum absolute atomic E-state index is 4.47. The van der Waals surface area contributed by atoms with Gasteiger partial charge in [-0.3, -0.25) is 0 Å². The first-order valence-corrected chi connectivity index (χ1v) is 7.84. The van der Waals surface area contributed by atoms with Gasteiger partial charge in [0.25, 0.3) is 0 Å². The SMILES string of the molecule is CCCNC(c1ccncn1)C1CCC(CC)CC1. The third kappa shape index (κ3) is 4.00. The van der Waals surface area contributed by atoms with Crippen molar-refractivity contribution >= 4 is 0 Å². The van der Waals surface area contributed by atoms with Gasteiger partial charge in [-0.2, -0.15) is 0 Å². The van der Waals surface area contributed by atoms with Crippen molar-refractivity contribution in [2.45, 2.75) is 58.4 Å². The van der Waals surface area contributed by atoms with Gasteiger partial charge in [-0.25, -0.2) is 9.97 Å². The quantitative estimate of drug-likeness (QED) is 0.848. The molecule has 106 valence electrons. The molecule has 3 nitrogen and oxygen atoms in total. The summed E-state index contributed by atoms with van der Waals surface area (Å²) in [6, 6.07) is 2.49. The number of hydrogen-bond acceptors (Lipinski definition) is 3. The second kappa shape index (κ2) is 7.59. The zero-order valence-electron chi connectivity index (χ0n) is 12.3. The molecule has 19 heavy (non-hydrogen) atoms. The van der Waals surface area contributed by atoms with Gasteiger partial charge in [0.15, 0.2) is 0 Å². The Bertz CT molecular complexity index is 344. The van der Waals surface area contributed by atoms with Gasteiger partial charge in [-0.05, 0) is 43.7 Å². The number of nitrogens with one attached hydrogen (secondary N) is 1. The Labute approximate surface area is 117 Å². The number of hydrogen-bond donors (Lipinski definition) is 1. The van der Waals surface area contributed by atoms with E-state index in [4.69, 9.17) is 0 Å². The van der Waals surface area contributed by atoms with Crippen LogP contribution in [0.5, 0.6) is 0 Å². The molecule has 0 spiro atoms. The molecule has 1 aromatic heterocycles. The van der Waals surface area contributed by atoms with Crippen LogP contribution in [0.2, 0.25) is 0 Å². The normalized spacial score (nSPS) is 25.2. The molecule has 1 N–H and O–H groups in total. The predicted octanol–water partition coefficient (Wildman–Crippen LogP) is 3.73. The summed E-state index contributed by atoms with van der Waals surface area (Å²) in [6.45, 7) is 5.61. The lowest BCUT2D eigenvalue weighted by Gasteiger charge is -2.34. The van der Waals surface area contributed by atoms with Crippen molar-refractivity contribution < 1.29 is 0 Å². The van der Waals surface area contributed by atoms with E-state index in [1.165, 1.54) is 44.2 Å². The summed E-state index contributed by atoms with van der Waals surface area (Å²) in [5.74, 6) is 1.69. The lowest BCUT2D eigenvalue weighted by Crippen LogP contribution is -2.32. The third-order valence-corrected chi connectivity index (χ3v) is 4.48. The molecule has 0 aromatic carbocycles. The van der Waals surface area contributed by atoms with Gasteiger partial charge in [0.2, 0.25) is 0 Å². The van der Waals surface area contributed by atoms with Gasteiger partial charge in [0, 0.05) is 6.20 Å². The van der Waals surface area contributed by atoms with Crippen molar-refractivity contribution in [1.29, 1.82) is 0 Å².